The molecule has 0 N–H and O–H groups in total. The van der Waals surface area contributed by atoms with E-state index in [2.05, 4.69) is 32.9 Å². The van der Waals surface area contributed by atoms with Crippen LogP contribution in [0.5, 0.6) is 0 Å². The van der Waals surface area contributed by atoms with Crippen LogP contribution >= 0.6 is 23.2 Å². The number of hydrogen-bond donors (Lipinski definition) is 0. The van der Waals surface area contributed by atoms with Gasteiger partial charge in [0.15, 0.2) is 0 Å². The Kier molecular flexibility index (Phi) is 4.54. The smallest absolute Gasteiger partial charge is 0.0484 e. The Hall–Kier alpha value is -0.980. The van der Waals surface area contributed by atoms with Crippen LogP contribution in [0.1, 0.15) is 30.5 Å². The lowest BCUT2D eigenvalue weighted by Gasteiger charge is -2.14. The van der Waals surface area contributed by atoms with Crippen molar-refractivity contribution in [3.05, 3.63) is 57.1 Å². The Bertz CT molecular complexity index is 600. The highest BCUT2D eigenvalue weighted by molar-refractivity contribution is 6.34. The first-order valence-electron chi connectivity index (χ1n) is 6.64. The fraction of sp³-hybridized carbons (Fsp3) is 0.294. The van der Waals surface area contributed by atoms with Gasteiger partial charge in [0, 0.05) is 15.6 Å². The predicted molar refractivity (Wildman–Crippen MR) is 85.4 cm³/mol. The van der Waals surface area contributed by atoms with Crippen LogP contribution in [0.25, 0.3) is 11.1 Å². The first-order chi connectivity index (χ1) is 9.06. The fourth-order valence-corrected chi connectivity index (χ4v) is 2.97. The first kappa shape index (κ1) is 14.4. The third-order valence-electron chi connectivity index (χ3n) is 3.52. The van der Waals surface area contributed by atoms with Crippen molar-refractivity contribution in [2.75, 3.05) is 0 Å². The Balaban J connectivity index is 2.70. The minimum atomic E-state index is 0.766. The highest BCUT2D eigenvalue weighted by Gasteiger charge is 2.12. The molecule has 100 valence electrons. The predicted octanol–water partition coefficient (Wildman–Crippen LogP) is 6.09. The molecule has 0 aliphatic heterocycles. The van der Waals surface area contributed by atoms with E-state index < -0.39 is 0 Å². The summed E-state index contributed by atoms with van der Waals surface area (Å²) in [6.07, 6.45) is 1.98. The molecule has 2 heteroatoms. The number of halogens is 2. The molecule has 0 fully saturated rings. The van der Waals surface area contributed by atoms with Gasteiger partial charge >= 0.3 is 0 Å². The normalized spacial score (nSPS) is 10.8. The zero-order valence-corrected chi connectivity index (χ0v) is 13.1. The van der Waals surface area contributed by atoms with Crippen molar-refractivity contribution in [3.8, 4) is 11.1 Å². The van der Waals surface area contributed by atoms with Gasteiger partial charge in [-0.3, -0.25) is 0 Å². The highest BCUT2D eigenvalue weighted by Crippen LogP contribution is 2.35. The highest BCUT2D eigenvalue weighted by atomic mass is 35.5. The van der Waals surface area contributed by atoms with E-state index >= 15 is 0 Å². The minimum absolute atomic E-state index is 0.766. The lowest BCUT2D eigenvalue weighted by molar-refractivity contribution is 1.11. The van der Waals surface area contributed by atoms with Crippen molar-refractivity contribution in [2.24, 2.45) is 0 Å². The second kappa shape index (κ2) is 5.98. The maximum absolute atomic E-state index is 6.38. The van der Waals surface area contributed by atoms with Gasteiger partial charge in [0.1, 0.15) is 0 Å². The summed E-state index contributed by atoms with van der Waals surface area (Å²) in [4.78, 5) is 0. The first-order valence-corrected chi connectivity index (χ1v) is 7.40. The van der Waals surface area contributed by atoms with Crippen LogP contribution in [-0.2, 0) is 12.8 Å². The molecule has 0 unspecified atom stereocenters. The maximum atomic E-state index is 6.38. The summed E-state index contributed by atoms with van der Waals surface area (Å²) in [6.45, 7) is 6.42. The summed E-state index contributed by atoms with van der Waals surface area (Å²) < 4.78 is 0. The molecule has 19 heavy (non-hydrogen) atoms. The number of aryl methyl sites for hydroxylation is 2. The van der Waals surface area contributed by atoms with Gasteiger partial charge in [0.25, 0.3) is 0 Å². The van der Waals surface area contributed by atoms with Crippen molar-refractivity contribution >= 4 is 23.2 Å². The van der Waals surface area contributed by atoms with E-state index in [9.17, 15) is 0 Å². The van der Waals surface area contributed by atoms with Crippen LogP contribution in [0.15, 0.2) is 30.3 Å². The minimum Gasteiger partial charge on any atom is -0.0843 e. The zero-order chi connectivity index (χ0) is 14.0. The summed E-state index contributed by atoms with van der Waals surface area (Å²) in [5.74, 6) is 0. The molecule has 0 nitrogen and oxygen atoms in total. The summed E-state index contributed by atoms with van der Waals surface area (Å²) in [7, 11) is 0. The van der Waals surface area contributed by atoms with Crippen LogP contribution in [0.2, 0.25) is 10.0 Å². The SMILES string of the molecule is CCc1ccc(Cl)c(-c2cc(Cl)cc(C)c2CC)c1. The molecule has 0 spiro atoms. The van der Waals surface area contributed by atoms with Crippen LogP contribution in [0, 0.1) is 6.92 Å². The van der Waals surface area contributed by atoms with Gasteiger partial charge in [-0.2, -0.15) is 0 Å². The summed E-state index contributed by atoms with van der Waals surface area (Å²) >= 11 is 12.6. The molecule has 0 bridgehead atoms. The molecule has 2 aromatic carbocycles. The molecule has 2 rings (SSSR count). The molecule has 0 radical (unpaired) electrons. The lowest BCUT2D eigenvalue weighted by atomic mass is 9.93. The summed E-state index contributed by atoms with van der Waals surface area (Å²) in [5.41, 5.74) is 6.08. The fourth-order valence-electron chi connectivity index (χ4n) is 2.48. The third-order valence-corrected chi connectivity index (χ3v) is 4.07. The summed E-state index contributed by atoms with van der Waals surface area (Å²) in [6, 6.07) is 10.3. The Morgan fingerprint density at radius 3 is 2.26 bits per heavy atom. The van der Waals surface area contributed by atoms with E-state index in [4.69, 9.17) is 23.2 Å². The van der Waals surface area contributed by atoms with Gasteiger partial charge in [0.2, 0.25) is 0 Å². The van der Waals surface area contributed by atoms with E-state index in [0.717, 1.165) is 34.0 Å². The molecule has 0 amide bonds. The standard InChI is InChI=1S/C17H18Cl2/c1-4-12-6-7-17(19)16(9-12)15-10-13(18)8-11(3)14(15)5-2/h6-10H,4-5H2,1-3H3. The van der Waals surface area contributed by atoms with Gasteiger partial charge in [-0.1, -0.05) is 43.1 Å². The van der Waals surface area contributed by atoms with E-state index in [-0.39, 0.29) is 0 Å². The van der Waals surface area contributed by atoms with Crippen LogP contribution in [-0.4, -0.2) is 0 Å². The topological polar surface area (TPSA) is 0 Å². The average molecular weight is 293 g/mol. The van der Waals surface area contributed by atoms with Crippen molar-refractivity contribution < 1.29 is 0 Å². The van der Waals surface area contributed by atoms with Crippen molar-refractivity contribution in [1.29, 1.82) is 0 Å². The van der Waals surface area contributed by atoms with Gasteiger partial charge in [0.05, 0.1) is 0 Å². The Morgan fingerprint density at radius 1 is 0.895 bits per heavy atom. The molecule has 0 saturated carbocycles. The van der Waals surface area contributed by atoms with Crippen molar-refractivity contribution in [1.82, 2.24) is 0 Å². The average Bonchev–Trinajstić information content (AvgIpc) is 2.38. The van der Waals surface area contributed by atoms with Gasteiger partial charge in [-0.25, -0.2) is 0 Å². The van der Waals surface area contributed by atoms with Crippen LogP contribution in [0.4, 0.5) is 0 Å². The van der Waals surface area contributed by atoms with Gasteiger partial charge in [-0.15, -0.1) is 0 Å². The molecular weight excluding hydrogens is 275 g/mol. The monoisotopic (exact) mass is 292 g/mol. The van der Waals surface area contributed by atoms with Crippen LogP contribution < -0.4 is 0 Å². The molecule has 2 aromatic rings. The Morgan fingerprint density at radius 2 is 1.63 bits per heavy atom. The maximum Gasteiger partial charge on any atom is 0.0484 e. The van der Waals surface area contributed by atoms with Crippen LogP contribution in [0.3, 0.4) is 0 Å². The molecule has 0 aliphatic carbocycles. The van der Waals surface area contributed by atoms with E-state index in [1.54, 1.807) is 0 Å². The molecule has 0 atom stereocenters. The number of benzene rings is 2. The van der Waals surface area contributed by atoms with Gasteiger partial charge < -0.3 is 0 Å². The van der Waals surface area contributed by atoms with Crippen molar-refractivity contribution in [3.63, 3.8) is 0 Å². The summed E-state index contributed by atoms with van der Waals surface area (Å²) in [5, 5.41) is 1.55. The largest absolute Gasteiger partial charge is 0.0843 e. The van der Waals surface area contributed by atoms with E-state index in [1.165, 1.54) is 16.7 Å². The Labute approximate surface area is 125 Å². The second-order valence-electron chi connectivity index (χ2n) is 4.77. The zero-order valence-electron chi connectivity index (χ0n) is 11.6. The molecule has 0 saturated heterocycles. The van der Waals surface area contributed by atoms with Gasteiger partial charge in [-0.05, 0) is 66.3 Å². The lowest BCUT2D eigenvalue weighted by Crippen LogP contribution is -1.94. The van der Waals surface area contributed by atoms with E-state index in [0.29, 0.717) is 0 Å². The third kappa shape index (κ3) is 2.96. The number of hydrogen-bond acceptors (Lipinski definition) is 0. The second-order valence-corrected chi connectivity index (χ2v) is 5.61. The molecular formula is C17H18Cl2. The molecule has 0 aromatic heterocycles. The molecule has 0 aliphatic rings. The van der Waals surface area contributed by atoms with Crippen molar-refractivity contribution in [2.45, 2.75) is 33.6 Å². The molecule has 0 heterocycles. The number of rotatable bonds is 3. The quantitative estimate of drug-likeness (QED) is 0.642. The van der Waals surface area contributed by atoms with E-state index in [1.807, 2.05) is 18.2 Å².